The molecule has 0 spiro atoms. The highest BCUT2D eigenvalue weighted by molar-refractivity contribution is 9.10. The van der Waals surface area contributed by atoms with Gasteiger partial charge in [0.15, 0.2) is 0 Å². The molecule has 1 aromatic carbocycles. The number of carbonyl (C=O) groups is 2. The lowest BCUT2D eigenvalue weighted by atomic mass is 10.1. The van der Waals surface area contributed by atoms with Crippen LogP contribution >= 0.6 is 15.9 Å². The maximum atomic E-state index is 12.1. The van der Waals surface area contributed by atoms with Crippen LogP contribution in [0.1, 0.15) is 31.1 Å². The summed E-state index contributed by atoms with van der Waals surface area (Å²) in [5.41, 5.74) is 0.221. The second-order valence-corrected chi connectivity index (χ2v) is 6.43. The Balaban J connectivity index is 3.02. The number of anilines is 1. The largest absolute Gasteiger partial charge is 0.444 e. The maximum Gasteiger partial charge on any atom is 0.412 e. The van der Waals surface area contributed by atoms with E-state index in [2.05, 4.69) is 21.2 Å². The predicted octanol–water partition coefficient (Wildman–Crippen LogP) is 3.50. The van der Waals surface area contributed by atoms with Crippen LogP contribution in [-0.2, 0) is 4.74 Å². The van der Waals surface area contributed by atoms with E-state index in [-0.39, 0.29) is 5.91 Å². The molecule has 1 rings (SSSR count). The van der Waals surface area contributed by atoms with Crippen LogP contribution in [0.2, 0.25) is 0 Å². The summed E-state index contributed by atoms with van der Waals surface area (Å²) in [6.07, 6.45) is -0.594. The van der Waals surface area contributed by atoms with E-state index < -0.39 is 11.7 Å². The molecule has 0 saturated carbocycles. The number of nitrogens with zero attached hydrogens (tertiary/aromatic N) is 1. The van der Waals surface area contributed by atoms with Crippen molar-refractivity contribution < 1.29 is 14.3 Å². The van der Waals surface area contributed by atoms with E-state index in [1.54, 1.807) is 53.1 Å². The Bertz CT molecular complexity index is 522. The Hall–Kier alpha value is -1.56. The van der Waals surface area contributed by atoms with Gasteiger partial charge >= 0.3 is 6.09 Å². The number of hydrogen-bond donors (Lipinski definition) is 1. The lowest BCUT2D eigenvalue weighted by Crippen LogP contribution is -2.29. The third-order valence-corrected chi connectivity index (χ3v) is 2.75. The van der Waals surface area contributed by atoms with E-state index >= 15 is 0 Å². The molecule has 0 heterocycles. The summed E-state index contributed by atoms with van der Waals surface area (Å²) in [4.78, 5) is 25.3. The van der Waals surface area contributed by atoms with Gasteiger partial charge < -0.3 is 9.64 Å². The molecule has 1 N–H and O–H groups in total. The Morgan fingerprint density at radius 2 is 1.85 bits per heavy atom. The zero-order chi connectivity index (χ0) is 15.5. The van der Waals surface area contributed by atoms with Crippen LogP contribution in [0, 0.1) is 0 Å². The maximum absolute atomic E-state index is 12.1. The molecule has 0 unspecified atom stereocenters. The van der Waals surface area contributed by atoms with Crippen molar-refractivity contribution in [2.24, 2.45) is 0 Å². The minimum Gasteiger partial charge on any atom is -0.444 e. The molecule has 0 saturated heterocycles. The molecule has 0 aromatic heterocycles. The Labute approximate surface area is 127 Å². The number of ether oxygens (including phenoxy) is 1. The first-order chi connectivity index (χ1) is 9.10. The molecule has 2 amide bonds. The molecule has 6 heteroatoms. The van der Waals surface area contributed by atoms with Gasteiger partial charge in [0.2, 0.25) is 0 Å². The first kappa shape index (κ1) is 16.5. The molecule has 5 nitrogen and oxygen atoms in total. The van der Waals surface area contributed by atoms with Gasteiger partial charge in [-0.2, -0.15) is 0 Å². The third-order valence-electron chi connectivity index (χ3n) is 2.25. The van der Waals surface area contributed by atoms with Gasteiger partial charge in [-0.15, -0.1) is 0 Å². The standard InChI is InChI=1S/C14H19BrN2O3/c1-14(2,3)20-13(19)16-11-8-9(15)6-7-10(11)12(18)17(4)5/h6-8H,1-5H3,(H,16,19). The first-order valence-electron chi connectivity index (χ1n) is 6.11. The molecule has 0 fully saturated rings. The molecule has 0 aliphatic rings. The number of hydrogen-bond acceptors (Lipinski definition) is 3. The summed E-state index contributed by atoms with van der Waals surface area (Å²) in [6.45, 7) is 5.33. The number of carbonyl (C=O) groups excluding carboxylic acids is 2. The van der Waals surface area contributed by atoms with Crippen LogP contribution in [0.4, 0.5) is 10.5 Å². The van der Waals surface area contributed by atoms with Crippen molar-refractivity contribution in [1.29, 1.82) is 0 Å². The van der Waals surface area contributed by atoms with Crippen LogP contribution in [0.3, 0.4) is 0 Å². The highest BCUT2D eigenvalue weighted by Crippen LogP contribution is 2.23. The number of nitrogens with one attached hydrogen (secondary N) is 1. The Morgan fingerprint density at radius 3 is 2.35 bits per heavy atom. The number of rotatable bonds is 2. The summed E-state index contributed by atoms with van der Waals surface area (Å²) >= 11 is 3.32. The van der Waals surface area contributed by atoms with Gasteiger partial charge in [-0.05, 0) is 39.0 Å². The average molecular weight is 343 g/mol. The summed E-state index contributed by atoms with van der Waals surface area (Å²) in [5.74, 6) is -0.191. The van der Waals surface area contributed by atoms with Gasteiger partial charge in [-0.3, -0.25) is 10.1 Å². The van der Waals surface area contributed by atoms with Crippen LogP contribution in [0.25, 0.3) is 0 Å². The molecular formula is C14H19BrN2O3. The molecular weight excluding hydrogens is 324 g/mol. The third kappa shape index (κ3) is 4.85. The summed E-state index contributed by atoms with van der Waals surface area (Å²) in [5, 5.41) is 2.61. The monoisotopic (exact) mass is 342 g/mol. The highest BCUT2D eigenvalue weighted by Gasteiger charge is 2.19. The zero-order valence-electron chi connectivity index (χ0n) is 12.3. The van der Waals surface area contributed by atoms with Crippen molar-refractivity contribution in [2.45, 2.75) is 26.4 Å². The van der Waals surface area contributed by atoms with E-state index in [1.165, 1.54) is 4.90 Å². The normalized spacial score (nSPS) is 10.9. The number of amides is 2. The lowest BCUT2D eigenvalue weighted by Gasteiger charge is -2.21. The molecule has 0 radical (unpaired) electrons. The Morgan fingerprint density at radius 1 is 1.25 bits per heavy atom. The second kappa shape index (κ2) is 6.26. The van der Waals surface area contributed by atoms with E-state index in [4.69, 9.17) is 4.74 Å². The first-order valence-corrected chi connectivity index (χ1v) is 6.90. The van der Waals surface area contributed by atoms with Gasteiger partial charge in [0, 0.05) is 18.6 Å². The van der Waals surface area contributed by atoms with Crippen molar-refractivity contribution in [3.8, 4) is 0 Å². The van der Waals surface area contributed by atoms with Crippen LogP contribution in [-0.4, -0.2) is 36.6 Å². The highest BCUT2D eigenvalue weighted by atomic mass is 79.9. The van der Waals surface area contributed by atoms with E-state index in [0.29, 0.717) is 11.3 Å². The van der Waals surface area contributed by atoms with Crippen LogP contribution in [0.15, 0.2) is 22.7 Å². The van der Waals surface area contributed by atoms with Crippen molar-refractivity contribution in [1.82, 2.24) is 4.90 Å². The molecule has 0 bridgehead atoms. The van der Waals surface area contributed by atoms with Crippen molar-refractivity contribution >= 4 is 33.6 Å². The van der Waals surface area contributed by atoms with Crippen molar-refractivity contribution in [3.63, 3.8) is 0 Å². The van der Waals surface area contributed by atoms with Crippen LogP contribution < -0.4 is 5.32 Å². The fraction of sp³-hybridized carbons (Fsp3) is 0.429. The van der Waals surface area contributed by atoms with E-state index in [1.807, 2.05) is 0 Å². The predicted molar refractivity (Wildman–Crippen MR) is 82.0 cm³/mol. The van der Waals surface area contributed by atoms with Gasteiger partial charge in [-0.1, -0.05) is 15.9 Å². The van der Waals surface area contributed by atoms with Gasteiger partial charge in [-0.25, -0.2) is 4.79 Å². The number of benzene rings is 1. The quantitative estimate of drug-likeness (QED) is 0.894. The van der Waals surface area contributed by atoms with Gasteiger partial charge in [0.1, 0.15) is 5.60 Å². The lowest BCUT2D eigenvalue weighted by molar-refractivity contribution is 0.0636. The summed E-state index contributed by atoms with van der Waals surface area (Å²) in [7, 11) is 3.31. The Kier molecular flexibility index (Phi) is 5.16. The summed E-state index contributed by atoms with van der Waals surface area (Å²) < 4.78 is 5.95. The number of halogens is 1. The van der Waals surface area contributed by atoms with Crippen LogP contribution in [0.5, 0.6) is 0 Å². The minimum atomic E-state index is -0.595. The topological polar surface area (TPSA) is 58.6 Å². The zero-order valence-corrected chi connectivity index (χ0v) is 13.9. The smallest absolute Gasteiger partial charge is 0.412 e. The molecule has 0 aliphatic heterocycles. The second-order valence-electron chi connectivity index (χ2n) is 5.52. The molecule has 0 aliphatic carbocycles. The van der Waals surface area contributed by atoms with E-state index in [0.717, 1.165) is 4.47 Å². The molecule has 110 valence electrons. The summed E-state index contributed by atoms with van der Waals surface area (Å²) in [6, 6.07) is 5.07. The minimum absolute atomic E-state index is 0.191. The van der Waals surface area contributed by atoms with Crippen molar-refractivity contribution in [3.05, 3.63) is 28.2 Å². The average Bonchev–Trinajstić information content (AvgIpc) is 2.25. The fourth-order valence-electron chi connectivity index (χ4n) is 1.46. The molecule has 20 heavy (non-hydrogen) atoms. The SMILES string of the molecule is CN(C)C(=O)c1ccc(Br)cc1NC(=O)OC(C)(C)C. The van der Waals surface area contributed by atoms with Gasteiger partial charge in [0.05, 0.1) is 11.3 Å². The van der Waals surface area contributed by atoms with Crippen molar-refractivity contribution in [2.75, 3.05) is 19.4 Å². The molecule has 1 aromatic rings. The van der Waals surface area contributed by atoms with E-state index in [9.17, 15) is 9.59 Å². The fourth-order valence-corrected chi connectivity index (χ4v) is 1.82. The molecule has 0 atom stereocenters. The van der Waals surface area contributed by atoms with Gasteiger partial charge in [0.25, 0.3) is 5.91 Å².